The molecule has 0 bridgehead atoms. The van der Waals surface area contributed by atoms with Gasteiger partial charge in [-0.2, -0.15) is 0 Å². The van der Waals surface area contributed by atoms with Crippen molar-refractivity contribution in [2.75, 3.05) is 27.2 Å². The van der Waals surface area contributed by atoms with Crippen molar-refractivity contribution in [3.8, 4) is 5.75 Å². The summed E-state index contributed by atoms with van der Waals surface area (Å²) >= 11 is 0. The van der Waals surface area contributed by atoms with E-state index in [1.807, 2.05) is 25.1 Å². The molecule has 1 saturated heterocycles. The molecule has 1 atom stereocenters. The van der Waals surface area contributed by atoms with E-state index in [0.29, 0.717) is 12.6 Å². The minimum atomic E-state index is -3.50. The predicted molar refractivity (Wildman–Crippen MR) is 131 cm³/mol. The van der Waals surface area contributed by atoms with E-state index in [2.05, 4.69) is 28.5 Å². The van der Waals surface area contributed by atoms with Gasteiger partial charge < -0.3 is 9.30 Å². The van der Waals surface area contributed by atoms with Crippen LogP contribution in [-0.4, -0.2) is 54.4 Å². The van der Waals surface area contributed by atoms with Crippen LogP contribution < -0.4 is 4.74 Å². The van der Waals surface area contributed by atoms with Gasteiger partial charge in [-0.25, -0.2) is 17.7 Å². The summed E-state index contributed by atoms with van der Waals surface area (Å²) in [5, 5.41) is 0. The molecular weight excluding hydrogens is 436 g/mol. The highest BCUT2D eigenvalue weighted by molar-refractivity contribution is 7.89. The van der Waals surface area contributed by atoms with Gasteiger partial charge in [-0.05, 0) is 68.6 Å². The van der Waals surface area contributed by atoms with Gasteiger partial charge in [-0.1, -0.05) is 19.1 Å². The van der Waals surface area contributed by atoms with E-state index in [1.54, 1.807) is 26.2 Å². The maximum absolute atomic E-state index is 12.6. The van der Waals surface area contributed by atoms with Gasteiger partial charge in [0.05, 0.1) is 29.1 Å². The molecule has 0 saturated carbocycles. The van der Waals surface area contributed by atoms with Crippen LogP contribution in [0.5, 0.6) is 5.75 Å². The summed E-state index contributed by atoms with van der Waals surface area (Å²) in [6, 6.07) is 14.1. The Morgan fingerprint density at radius 2 is 1.88 bits per heavy atom. The fourth-order valence-corrected chi connectivity index (χ4v) is 5.57. The van der Waals surface area contributed by atoms with Crippen molar-refractivity contribution in [1.29, 1.82) is 0 Å². The third kappa shape index (κ3) is 4.78. The number of hydrogen-bond donors (Lipinski definition) is 0. The Morgan fingerprint density at radius 3 is 2.55 bits per heavy atom. The second-order valence-electron chi connectivity index (χ2n) is 8.75. The number of aryl methyl sites for hydroxylation is 1. The number of fused-ring (bicyclic) bond motifs is 1. The standard InChI is InChI=1S/C25H34N4O3S/c1-5-15-29-24-14-13-21(33(30,31)27(3)4)17-22(24)26-25(29)18-28-16-7-8-23(28)19-9-11-20(12-10-19)32-6-2/h9-14,17,23H,5-8,15-16,18H2,1-4H3. The van der Waals surface area contributed by atoms with Gasteiger partial charge in [0, 0.05) is 26.7 Å². The molecule has 3 aromatic rings. The maximum Gasteiger partial charge on any atom is 0.242 e. The van der Waals surface area contributed by atoms with E-state index < -0.39 is 10.0 Å². The van der Waals surface area contributed by atoms with Gasteiger partial charge in [-0.3, -0.25) is 4.90 Å². The molecule has 1 fully saturated rings. The van der Waals surface area contributed by atoms with Crippen LogP contribution in [0.2, 0.25) is 0 Å². The largest absolute Gasteiger partial charge is 0.494 e. The summed E-state index contributed by atoms with van der Waals surface area (Å²) in [6.45, 7) is 7.43. The minimum absolute atomic E-state index is 0.279. The molecule has 2 heterocycles. The number of imidazole rings is 1. The number of rotatable bonds is 9. The Bertz CT molecular complexity index is 1200. The quantitative estimate of drug-likeness (QED) is 0.463. The molecule has 0 spiro atoms. The summed E-state index contributed by atoms with van der Waals surface area (Å²) in [5.41, 5.74) is 3.02. The highest BCUT2D eigenvalue weighted by atomic mass is 32.2. The first-order valence-electron chi connectivity index (χ1n) is 11.7. The van der Waals surface area contributed by atoms with Crippen molar-refractivity contribution in [3.63, 3.8) is 0 Å². The van der Waals surface area contributed by atoms with Gasteiger partial charge in [-0.15, -0.1) is 0 Å². The Morgan fingerprint density at radius 1 is 1.12 bits per heavy atom. The number of ether oxygens (including phenoxy) is 1. The number of sulfonamides is 1. The number of nitrogens with zero attached hydrogens (tertiary/aromatic N) is 4. The SMILES string of the molecule is CCCn1c(CN2CCCC2c2ccc(OCC)cc2)nc2cc(S(=O)(=O)N(C)C)ccc21. The molecular formula is C25H34N4O3S. The predicted octanol–water partition coefficient (Wildman–Crippen LogP) is 4.43. The average molecular weight is 471 g/mol. The van der Waals surface area contributed by atoms with Crippen LogP contribution in [0.1, 0.15) is 50.5 Å². The molecule has 178 valence electrons. The molecule has 7 nitrogen and oxygen atoms in total. The molecule has 0 N–H and O–H groups in total. The molecule has 4 rings (SSSR count). The van der Waals surface area contributed by atoms with Crippen LogP contribution in [0.4, 0.5) is 0 Å². The van der Waals surface area contributed by atoms with E-state index >= 15 is 0 Å². The third-order valence-electron chi connectivity index (χ3n) is 6.31. The fraction of sp³-hybridized carbons (Fsp3) is 0.480. The van der Waals surface area contributed by atoms with E-state index in [0.717, 1.165) is 61.5 Å². The van der Waals surface area contributed by atoms with Crippen molar-refractivity contribution >= 4 is 21.1 Å². The Hall–Kier alpha value is -2.42. The molecule has 8 heteroatoms. The van der Waals surface area contributed by atoms with E-state index in [4.69, 9.17) is 9.72 Å². The summed E-state index contributed by atoms with van der Waals surface area (Å²) < 4.78 is 34.3. The van der Waals surface area contributed by atoms with Crippen LogP contribution in [0.25, 0.3) is 11.0 Å². The second-order valence-corrected chi connectivity index (χ2v) is 10.9. The van der Waals surface area contributed by atoms with Gasteiger partial charge in [0.2, 0.25) is 10.0 Å². The topological polar surface area (TPSA) is 67.7 Å². The zero-order valence-corrected chi connectivity index (χ0v) is 20.8. The molecule has 0 aliphatic carbocycles. The molecule has 33 heavy (non-hydrogen) atoms. The van der Waals surface area contributed by atoms with Crippen LogP contribution in [0.3, 0.4) is 0 Å². The lowest BCUT2D eigenvalue weighted by Gasteiger charge is -2.25. The molecule has 1 aliphatic heterocycles. The van der Waals surface area contributed by atoms with Crippen LogP contribution >= 0.6 is 0 Å². The summed E-state index contributed by atoms with van der Waals surface area (Å²) in [4.78, 5) is 7.68. The Balaban J connectivity index is 1.64. The molecule has 0 radical (unpaired) electrons. The Kier molecular flexibility index (Phi) is 7.07. The summed E-state index contributed by atoms with van der Waals surface area (Å²) in [6.07, 6.45) is 3.25. The smallest absolute Gasteiger partial charge is 0.242 e. The van der Waals surface area contributed by atoms with Crippen molar-refractivity contribution in [2.45, 2.75) is 57.1 Å². The van der Waals surface area contributed by atoms with Crippen molar-refractivity contribution in [1.82, 2.24) is 18.8 Å². The molecule has 2 aromatic carbocycles. The Labute approximate surface area is 197 Å². The van der Waals surface area contributed by atoms with Gasteiger partial charge in [0.1, 0.15) is 11.6 Å². The van der Waals surface area contributed by atoms with Crippen molar-refractivity contribution < 1.29 is 13.2 Å². The van der Waals surface area contributed by atoms with E-state index in [9.17, 15) is 8.42 Å². The fourth-order valence-electron chi connectivity index (χ4n) is 4.65. The number of benzene rings is 2. The summed E-state index contributed by atoms with van der Waals surface area (Å²) in [7, 11) is -0.394. The highest BCUT2D eigenvalue weighted by Gasteiger charge is 2.28. The van der Waals surface area contributed by atoms with Crippen molar-refractivity contribution in [2.24, 2.45) is 0 Å². The molecule has 1 aromatic heterocycles. The lowest BCUT2D eigenvalue weighted by atomic mass is 10.0. The number of aromatic nitrogens is 2. The summed E-state index contributed by atoms with van der Waals surface area (Å²) in [5.74, 6) is 1.89. The van der Waals surface area contributed by atoms with Gasteiger partial charge >= 0.3 is 0 Å². The van der Waals surface area contributed by atoms with Crippen molar-refractivity contribution in [3.05, 3.63) is 53.9 Å². The third-order valence-corrected chi connectivity index (χ3v) is 8.12. The lowest BCUT2D eigenvalue weighted by Crippen LogP contribution is -2.24. The first-order chi connectivity index (χ1) is 15.8. The second kappa shape index (κ2) is 9.83. The average Bonchev–Trinajstić information content (AvgIpc) is 3.39. The van der Waals surface area contributed by atoms with Crippen LogP contribution in [-0.2, 0) is 23.1 Å². The first-order valence-corrected chi connectivity index (χ1v) is 13.2. The number of likely N-dealkylation sites (tertiary alicyclic amines) is 1. The lowest BCUT2D eigenvalue weighted by molar-refractivity contribution is 0.239. The molecule has 1 aliphatic rings. The zero-order chi connectivity index (χ0) is 23.6. The first kappa shape index (κ1) is 23.7. The monoisotopic (exact) mass is 470 g/mol. The van der Waals surface area contributed by atoms with Crippen LogP contribution in [0.15, 0.2) is 47.4 Å². The van der Waals surface area contributed by atoms with Gasteiger partial charge in [0.15, 0.2) is 0 Å². The molecule has 1 unspecified atom stereocenters. The highest BCUT2D eigenvalue weighted by Crippen LogP contribution is 2.34. The van der Waals surface area contributed by atoms with Gasteiger partial charge in [0.25, 0.3) is 0 Å². The number of hydrogen-bond acceptors (Lipinski definition) is 5. The minimum Gasteiger partial charge on any atom is -0.494 e. The van der Waals surface area contributed by atoms with E-state index in [-0.39, 0.29) is 4.90 Å². The molecule has 0 amide bonds. The van der Waals surface area contributed by atoms with E-state index in [1.165, 1.54) is 9.87 Å². The zero-order valence-electron chi connectivity index (χ0n) is 20.0. The maximum atomic E-state index is 12.6. The van der Waals surface area contributed by atoms with Crippen LogP contribution in [0, 0.1) is 0 Å². The normalized spacial score (nSPS) is 17.3.